The molecule has 0 bridgehead atoms. The molecule has 0 spiro atoms. The predicted octanol–water partition coefficient (Wildman–Crippen LogP) is 8.10. The molecule has 47 heavy (non-hydrogen) atoms. The van der Waals surface area contributed by atoms with Crippen molar-refractivity contribution in [2.75, 3.05) is 39.3 Å². The van der Waals surface area contributed by atoms with Crippen molar-refractivity contribution in [2.24, 2.45) is 11.8 Å². The number of hydrogen-bond acceptors (Lipinski definition) is 4. The van der Waals surface area contributed by atoms with Gasteiger partial charge in [0.05, 0.1) is 23.8 Å². The molecule has 2 amide bonds. The number of urea groups is 1. The number of benzene rings is 2. The molecule has 2 fully saturated rings. The molecule has 1 aliphatic carbocycles. The molecule has 1 saturated carbocycles. The van der Waals surface area contributed by atoms with Gasteiger partial charge in [-0.3, -0.25) is 9.69 Å². The topological polar surface area (TPSA) is 61.9 Å². The third-order valence-electron chi connectivity index (χ3n) is 9.30. The second-order valence-corrected chi connectivity index (χ2v) is 12.8. The van der Waals surface area contributed by atoms with E-state index in [1.807, 2.05) is 0 Å². The Morgan fingerprint density at radius 1 is 0.936 bits per heavy atom. The smallest absolute Gasteiger partial charge is 0.416 e. The van der Waals surface area contributed by atoms with Gasteiger partial charge in [0.15, 0.2) is 0 Å². The van der Waals surface area contributed by atoms with E-state index >= 15 is 0 Å². The lowest BCUT2D eigenvalue weighted by molar-refractivity contribution is -0.145. The fourth-order valence-corrected chi connectivity index (χ4v) is 6.69. The lowest BCUT2D eigenvalue weighted by Gasteiger charge is -2.43. The van der Waals surface area contributed by atoms with Crippen LogP contribution in [0.2, 0.25) is 0 Å². The first-order valence-electron chi connectivity index (χ1n) is 16.0. The summed E-state index contributed by atoms with van der Waals surface area (Å²) in [6.07, 6.45) is -5.72. The van der Waals surface area contributed by atoms with Crippen LogP contribution in [-0.2, 0) is 21.9 Å². The minimum Gasteiger partial charge on any atom is -0.466 e. The Balaban J connectivity index is 1.44. The maximum absolute atomic E-state index is 14.0. The summed E-state index contributed by atoms with van der Waals surface area (Å²) in [7, 11) is 0. The van der Waals surface area contributed by atoms with Gasteiger partial charge in [-0.15, -0.1) is 0 Å². The number of rotatable bonds is 9. The molecular formula is C34H42F7N3O3. The number of nitrogens with zero attached hydrogens (tertiary/aromatic N) is 2. The monoisotopic (exact) mass is 673 g/mol. The summed E-state index contributed by atoms with van der Waals surface area (Å²) < 4.78 is 99.5. The van der Waals surface area contributed by atoms with E-state index in [4.69, 9.17) is 4.74 Å². The van der Waals surface area contributed by atoms with E-state index in [1.165, 1.54) is 19.1 Å². The standard InChI is InChI=1S/C34H42F7N3O3/c1-4-47-31(45)14-23-5-7-24(8-6-23)19-43-11-12-44(30(20-43)29-10-9-28(35)13-21(29)2)32(46)42-18-22(3)25-15-26(33(36,37)38)17-27(16-25)34(39,40)41/h9-10,13,15-17,22-24,30H,4-8,11-12,14,18-20H2,1-3H3,(H,42,46)/t22-,23?,24?,30?/m0/s1. The number of hydrogen-bond donors (Lipinski definition) is 1. The molecule has 1 unspecified atom stereocenters. The van der Waals surface area contributed by atoms with Gasteiger partial charge in [0.1, 0.15) is 5.82 Å². The van der Waals surface area contributed by atoms with E-state index in [0.717, 1.165) is 37.8 Å². The van der Waals surface area contributed by atoms with E-state index in [1.54, 1.807) is 24.8 Å². The van der Waals surface area contributed by atoms with Crippen LogP contribution >= 0.6 is 0 Å². The number of aryl methyl sites for hydroxylation is 1. The van der Waals surface area contributed by atoms with E-state index in [-0.39, 0.29) is 24.1 Å². The number of carbonyl (C=O) groups is 2. The molecule has 4 rings (SSSR count). The number of nitrogens with one attached hydrogen (secondary N) is 1. The Labute approximate surface area is 270 Å². The molecule has 13 heteroatoms. The van der Waals surface area contributed by atoms with Crippen LogP contribution in [0, 0.1) is 24.6 Å². The first kappa shape index (κ1) is 36.5. The highest BCUT2D eigenvalue weighted by molar-refractivity contribution is 5.75. The highest BCUT2D eigenvalue weighted by Crippen LogP contribution is 2.38. The number of carbonyl (C=O) groups excluding carboxylic acids is 2. The molecule has 2 aromatic carbocycles. The molecule has 6 nitrogen and oxygen atoms in total. The summed E-state index contributed by atoms with van der Waals surface area (Å²) >= 11 is 0. The Morgan fingerprint density at radius 2 is 1.55 bits per heavy atom. The molecule has 1 saturated heterocycles. The van der Waals surface area contributed by atoms with Crippen LogP contribution in [-0.4, -0.2) is 61.1 Å². The molecule has 260 valence electrons. The van der Waals surface area contributed by atoms with E-state index in [9.17, 15) is 40.3 Å². The quantitative estimate of drug-likeness (QED) is 0.216. The Hall–Kier alpha value is -3.35. The van der Waals surface area contributed by atoms with Crippen LogP contribution in [0.4, 0.5) is 35.5 Å². The van der Waals surface area contributed by atoms with Gasteiger partial charge >= 0.3 is 24.4 Å². The number of alkyl halides is 6. The predicted molar refractivity (Wildman–Crippen MR) is 162 cm³/mol. The molecule has 1 heterocycles. The van der Waals surface area contributed by atoms with Crippen molar-refractivity contribution in [3.63, 3.8) is 0 Å². The summed E-state index contributed by atoms with van der Waals surface area (Å²) in [5, 5.41) is 2.72. The number of esters is 1. The summed E-state index contributed by atoms with van der Waals surface area (Å²) in [6, 6.07) is 4.85. The normalized spacial score (nSPS) is 21.7. The van der Waals surface area contributed by atoms with Crippen molar-refractivity contribution in [1.29, 1.82) is 0 Å². The maximum atomic E-state index is 14.0. The van der Waals surface area contributed by atoms with Crippen molar-refractivity contribution in [2.45, 2.75) is 77.2 Å². The zero-order chi connectivity index (χ0) is 34.5. The van der Waals surface area contributed by atoms with Gasteiger partial charge in [0, 0.05) is 39.1 Å². The van der Waals surface area contributed by atoms with Crippen LogP contribution < -0.4 is 5.32 Å². The van der Waals surface area contributed by atoms with Crippen LogP contribution in [0.15, 0.2) is 36.4 Å². The third kappa shape index (κ3) is 9.84. The van der Waals surface area contributed by atoms with Gasteiger partial charge < -0.3 is 15.0 Å². The summed E-state index contributed by atoms with van der Waals surface area (Å²) in [5.74, 6) is -0.716. The van der Waals surface area contributed by atoms with Gasteiger partial charge in [-0.2, -0.15) is 26.3 Å². The molecule has 2 aromatic rings. The number of ether oxygens (including phenoxy) is 1. The maximum Gasteiger partial charge on any atom is 0.416 e. The van der Waals surface area contributed by atoms with Crippen molar-refractivity contribution >= 4 is 12.0 Å². The summed E-state index contributed by atoms with van der Waals surface area (Å²) in [6.45, 7) is 7.33. The van der Waals surface area contributed by atoms with Gasteiger partial charge in [0.2, 0.25) is 0 Å². The molecule has 0 radical (unpaired) electrons. The van der Waals surface area contributed by atoms with Gasteiger partial charge in [-0.05, 0) is 104 Å². The highest BCUT2D eigenvalue weighted by atomic mass is 19.4. The molecule has 0 aromatic heterocycles. The van der Waals surface area contributed by atoms with Crippen molar-refractivity contribution < 1.29 is 45.1 Å². The van der Waals surface area contributed by atoms with Crippen LogP contribution in [0.25, 0.3) is 0 Å². The van der Waals surface area contributed by atoms with E-state index < -0.39 is 47.3 Å². The Morgan fingerprint density at radius 3 is 2.13 bits per heavy atom. The zero-order valence-corrected chi connectivity index (χ0v) is 26.8. The lowest BCUT2D eigenvalue weighted by Crippen LogP contribution is -2.54. The highest BCUT2D eigenvalue weighted by Gasteiger charge is 2.38. The minimum atomic E-state index is -4.97. The van der Waals surface area contributed by atoms with E-state index in [2.05, 4.69) is 10.2 Å². The fraction of sp³-hybridized carbons (Fsp3) is 0.588. The molecule has 1 aliphatic heterocycles. The molecule has 1 N–H and O–H groups in total. The van der Waals surface area contributed by atoms with Crippen LogP contribution in [0.3, 0.4) is 0 Å². The largest absolute Gasteiger partial charge is 0.466 e. The Kier molecular flexibility index (Phi) is 11.8. The minimum absolute atomic E-state index is 0.0824. The first-order chi connectivity index (χ1) is 22.0. The third-order valence-corrected chi connectivity index (χ3v) is 9.30. The fourth-order valence-electron chi connectivity index (χ4n) is 6.69. The zero-order valence-electron chi connectivity index (χ0n) is 26.8. The average molecular weight is 674 g/mol. The molecule has 2 atom stereocenters. The van der Waals surface area contributed by atoms with Crippen molar-refractivity contribution in [3.05, 3.63) is 70.0 Å². The lowest BCUT2D eigenvalue weighted by atomic mass is 9.80. The van der Waals surface area contributed by atoms with Crippen molar-refractivity contribution in [3.8, 4) is 0 Å². The van der Waals surface area contributed by atoms with Crippen LogP contribution in [0.1, 0.15) is 85.7 Å². The van der Waals surface area contributed by atoms with Crippen molar-refractivity contribution in [1.82, 2.24) is 15.1 Å². The van der Waals surface area contributed by atoms with Gasteiger partial charge in [-0.1, -0.05) is 13.0 Å². The second kappa shape index (κ2) is 15.3. The number of piperazine rings is 1. The summed E-state index contributed by atoms with van der Waals surface area (Å²) in [4.78, 5) is 29.3. The number of amides is 2. The first-order valence-corrected chi connectivity index (χ1v) is 16.0. The molecular weight excluding hydrogens is 631 g/mol. The molecule has 2 aliphatic rings. The van der Waals surface area contributed by atoms with Gasteiger partial charge in [0.25, 0.3) is 0 Å². The summed E-state index contributed by atoms with van der Waals surface area (Å²) in [5.41, 5.74) is -1.59. The second-order valence-electron chi connectivity index (χ2n) is 12.8. The van der Waals surface area contributed by atoms with E-state index in [0.29, 0.717) is 62.2 Å². The van der Waals surface area contributed by atoms with Gasteiger partial charge in [-0.25, -0.2) is 9.18 Å². The Bertz CT molecular complexity index is 1360. The van der Waals surface area contributed by atoms with Crippen LogP contribution in [0.5, 0.6) is 0 Å². The average Bonchev–Trinajstić information content (AvgIpc) is 2.99. The SMILES string of the molecule is CCOC(=O)CC1CCC(CN2CCN(C(=O)NC[C@H](C)c3cc(C(F)(F)F)cc(C(F)(F)F)c3)C(c3ccc(F)cc3C)C2)CC1. The number of halogens is 7.